The van der Waals surface area contributed by atoms with Gasteiger partial charge in [-0.05, 0) is 12.1 Å². The van der Waals surface area contributed by atoms with Crippen LogP contribution in [0.1, 0.15) is 11.3 Å². The molecule has 1 heterocycles. The van der Waals surface area contributed by atoms with Crippen molar-refractivity contribution >= 4 is 23.2 Å². The van der Waals surface area contributed by atoms with Crippen molar-refractivity contribution in [3.8, 4) is 5.69 Å². The molecule has 0 aliphatic heterocycles. The van der Waals surface area contributed by atoms with Crippen molar-refractivity contribution in [3.05, 3.63) is 60.3 Å². The van der Waals surface area contributed by atoms with Gasteiger partial charge < -0.3 is 4.98 Å². The number of nitrogens with one attached hydrogen (secondary N) is 1. The van der Waals surface area contributed by atoms with Gasteiger partial charge in [-0.2, -0.15) is 26.3 Å². The fraction of sp³-hybridized carbons (Fsp3) is 0.167. The zero-order chi connectivity index (χ0) is 18.4. The third-order valence-corrected chi connectivity index (χ3v) is 3.38. The van der Waals surface area contributed by atoms with Crippen LogP contribution in [0.15, 0.2) is 27.8 Å². The summed E-state index contributed by atoms with van der Waals surface area (Å²) >= 11 is 11.3. The number of H-pyrrole nitrogens is 1. The van der Waals surface area contributed by atoms with Gasteiger partial charge in [-0.3, -0.25) is 4.79 Å². The number of halogens is 8. The van der Waals surface area contributed by atoms with Crippen LogP contribution in [0.5, 0.6) is 0 Å². The Hall–Kier alpha value is -1.94. The molecular formula is C12H4Cl2F6N2O2. The minimum Gasteiger partial charge on any atom is -0.303 e. The highest BCUT2D eigenvalue weighted by Crippen LogP contribution is 2.36. The maximum absolute atomic E-state index is 12.6. The molecule has 0 fully saturated rings. The largest absolute Gasteiger partial charge is 0.431 e. The van der Waals surface area contributed by atoms with Crippen LogP contribution >= 0.6 is 23.2 Å². The first-order chi connectivity index (χ1) is 10.8. The highest BCUT2D eigenvalue weighted by molar-refractivity contribution is 6.37. The van der Waals surface area contributed by atoms with E-state index in [0.29, 0.717) is 12.1 Å². The molecule has 1 aromatic carbocycles. The standard InChI is InChI=1S/C12H4Cl2F6N2O2/c13-5-1-4(11(15,16)17)2-6(14)9(5)22-8(23)3-7(12(18,19)20)21-10(22)24/h1-3H,(H,21,24). The lowest BCUT2D eigenvalue weighted by Crippen LogP contribution is -2.36. The molecule has 0 amide bonds. The van der Waals surface area contributed by atoms with Crippen molar-refractivity contribution in [2.24, 2.45) is 0 Å². The molecule has 0 aliphatic rings. The summed E-state index contributed by atoms with van der Waals surface area (Å²) < 4.78 is 75.6. The molecule has 0 spiro atoms. The Morgan fingerprint density at radius 1 is 0.875 bits per heavy atom. The van der Waals surface area contributed by atoms with Crippen LogP contribution in [0.2, 0.25) is 10.0 Å². The monoisotopic (exact) mass is 392 g/mol. The van der Waals surface area contributed by atoms with Crippen molar-refractivity contribution in [2.75, 3.05) is 0 Å². The minimum absolute atomic E-state index is 0.0612. The molecule has 0 saturated carbocycles. The molecule has 2 aromatic rings. The van der Waals surface area contributed by atoms with E-state index in [-0.39, 0.29) is 10.6 Å². The van der Waals surface area contributed by atoms with Crippen LogP contribution in [0.4, 0.5) is 26.3 Å². The van der Waals surface area contributed by atoms with Gasteiger partial charge in [-0.1, -0.05) is 23.2 Å². The molecule has 0 aliphatic carbocycles. The van der Waals surface area contributed by atoms with E-state index in [1.807, 2.05) is 0 Å². The van der Waals surface area contributed by atoms with Gasteiger partial charge in [0, 0.05) is 6.07 Å². The van der Waals surface area contributed by atoms with Gasteiger partial charge in [0.05, 0.1) is 21.3 Å². The van der Waals surface area contributed by atoms with E-state index in [0.717, 1.165) is 0 Å². The Morgan fingerprint density at radius 2 is 1.38 bits per heavy atom. The minimum atomic E-state index is -4.99. The lowest BCUT2D eigenvalue weighted by molar-refractivity contribution is -0.141. The molecule has 1 N–H and O–H groups in total. The maximum atomic E-state index is 12.6. The highest BCUT2D eigenvalue weighted by atomic mass is 35.5. The van der Waals surface area contributed by atoms with Gasteiger partial charge in [0.15, 0.2) is 0 Å². The molecule has 2 rings (SSSR count). The van der Waals surface area contributed by atoms with E-state index < -0.39 is 50.6 Å². The summed E-state index contributed by atoms with van der Waals surface area (Å²) in [7, 11) is 0. The van der Waals surface area contributed by atoms with E-state index >= 15 is 0 Å². The fourth-order valence-corrected chi connectivity index (χ4v) is 2.46. The van der Waals surface area contributed by atoms with Crippen molar-refractivity contribution in [3.63, 3.8) is 0 Å². The second kappa shape index (κ2) is 5.85. The molecule has 0 saturated heterocycles. The Bertz CT molecular complexity index is 859. The Labute approximate surface area is 138 Å². The summed E-state index contributed by atoms with van der Waals surface area (Å²) in [5.74, 6) is 0. The molecule has 0 unspecified atom stereocenters. The number of aromatic amines is 1. The summed E-state index contributed by atoms with van der Waals surface area (Å²) in [6, 6.07) is 0.852. The molecule has 24 heavy (non-hydrogen) atoms. The van der Waals surface area contributed by atoms with Crippen LogP contribution in [0.25, 0.3) is 5.69 Å². The molecular weight excluding hydrogens is 389 g/mol. The Kier molecular flexibility index (Phi) is 4.49. The van der Waals surface area contributed by atoms with E-state index in [2.05, 4.69) is 0 Å². The van der Waals surface area contributed by atoms with E-state index in [1.54, 1.807) is 0 Å². The van der Waals surface area contributed by atoms with Gasteiger partial charge in [-0.25, -0.2) is 9.36 Å². The third-order valence-electron chi connectivity index (χ3n) is 2.81. The predicted octanol–water partition coefficient (Wildman–Crippen LogP) is 3.87. The normalized spacial score (nSPS) is 12.5. The summed E-state index contributed by atoms with van der Waals surface area (Å²) in [6.45, 7) is 0. The number of hydrogen-bond donors (Lipinski definition) is 1. The summed E-state index contributed by atoms with van der Waals surface area (Å²) in [5, 5.41) is -1.47. The van der Waals surface area contributed by atoms with Gasteiger partial charge in [0.1, 0.15) is 5.69 Å². The number of nitrogens with zero attached hydrogens (tertiary/aromatic N) is 1. The molecule has 12 heteroatoms. The predicted molar refractivity (Wildman–Crippen MR) is 72.7 cm³/mol. The quantitative estimate of drug-likeness (QED) is 0.749. The third kappa shape index (κ3) is 3.44. The van der Waals surface area contributed by atoms with Gasteiger partial charge in [0.2, 0.25) is 0 Å². The van der Waals surface area contributed by atoms with Crippen molar-refractivity contribution in [1.29, 1.82) is 0 Å². The average Bonchev–Trinajstić information content (AvgIpc) is 2.38. The van der Waals surface area contributed by atoms with E-state index in [4.69, 9.17) is 23.2 Å². The van der Waals surface area contributed by atoms with E-state index in [1.165, 1.54) is 4.98 Å². The second-order valence-electron chi connectivity index (χ2n) is 4.45. The first kappa shape index (κ1) is 18.4. The molecule has 0 atom stereocenters. The SMILES string of the molecule is O=c1cc(C(F)(F)F)[nH]c(=O)n1-c1c(Cl)cc(C(F)(F)F)cc1Cl. The molecule has 0 bridgehead atoms. The van der Waals surface area contributed by atoms with Crippen molar-refractivity contribution in [2.45, 2.75) is 12.4 Å². The Balaban J connectivity index is 2.75. The van der Waals surface area contributed by atoms with Crippen LogP contribution in [-0.2, 0) is 12.4 Å². The zero-order valence-electron chi connectivity index (χ0n) is 11.0. The summed E-state index contributed by atoms with van der Waals surface area (Å²) in [6.07, 6.45) is -9.80. The van der Waals surface area contributed by atoms with Crippen LogP contribution in [0, 0.1) is 0 Å². The second-order valence-corrected chi connectivity index (χ2v) is 5.26. The number of aromatic nitrogens is 2. The fourth-order valence-electron chi connectivity index (χ4n) is 1.80. The highest BCUT2D eigenvalue weighted by Gasteiger charge is 2.34. The number of benzene rings is 1. The van der Waals surface area contributed by atoms with Crippen molar-refractivity contribution < 1.29 is 26.3 Å². The topological polar surface area (TPSA) is 54.9 Å². The first-order valence-corrected chi connectivity index (χ1v) is 6.58. The number of rotatable bonds is 1. The van der Waals surface area contributed by atoms with Crippen LogP contribution in [0.3, 0.4) is 0 Å². The number of alkyl halides is 6. The summed E-state index contributed by atoms with van der Waals surface area (Å²) in [5.41, 5.74) is -6.55. The maximum Gasteiger partial charge on any atom is 0.431 e. The Morgan fingerprint density at radius 3 is 1.75 bits per heavy atom. The zero-order valence-corrected chi connectivity index (χ0v) is 12.5. The molecule has 1 aromatic heterocycles. The number of hydrogen-bond acceptors (Lipinski definition) is 2. The average molecular weight is 393 g/mol. The first-order valence-electron chi connectivity index (χ1n) is 5.82. The smallest absolute Gasteiger partial charge is 0.303 e. The van der Waals surface area contributed by atoms with Crippen LogP contribution < -0.4 is 11.2 Å². The van der Waals surface area contributed by atoms with E-state index in [9.17, 15) is 35.9 Å². The molecule has 4 nitrogen and oxygen atoms in total. The lowest BCUT2D eigenvalue weighted by Gasteiger charge is -2.14. The lowest BCUT2D eigenvalue weighted by atomic mass is 10.2. The molecule has 0 radical (unpaired) electrons. The van der Waals surface area contributed by atoms with Gasteiger partial charge in [0.25, 0.3) is 5.56 Å². The van der Waals surface area contributed by atoms with Gasteiger partial charge in [-0.15, -0.1) is 0 Å². The molecule has 130 valence electrons. The van der Waals surface area contributed by atoms with Crippen LogP contribution in [-0.4, -0.2) is 9.55 Å². The van der Waals surface area contributed by atoms with Crippen molar-refractivity contribution in [1.82, 2.24) is 9.55 Å². The summed E-state index contributed by atoms with van der Waals surface area (Å²) in [4.78, 5) is 25.0. The van der Waals surface area contributed by atoms with Gasteiger partial charge >= 0.3 is 18.0 Å².